The maximum Gasteiger partial charge on any atom is 0.240 e. The molecule has 0 aromatic carbocycles. The summed E-state index contributed by atoms with van der Waals surface area (Å²) in [5.41, 5.74) is 2.28. The molecule has 0 fully saturated rings. The van der Waals surface area contributed by atoms with Crippen molar-refractivity contribution in [2.75, 3.05) is 0 Å². The fourth-order valence-corrected chi connectivity index (χ4v) is 2.09. The van der Waals surface area contributed by atoms with Crippen molar-refractivity contribution in [3.63, 3.8) is 0 Å². The third-order valence-corrected chi connectivity index (χ3v) is 3.11. The summed E-state index contributed by atoms with van der Waals surface area (Å²) in [6.45, 7) is 0. The average molecular weight is 264 g/mol. The molecule has 20 heavy (non-hydrogen) atoms. The van der Waals surface area contributed by atoms with Gasteiger partial charge in [0.25, 0.3) is 0 Å². The lowest BCUT2D eigenvalue weighted by molar-refractivity contribution is -0.740. The highest BCUT2D eigenvalue weighted by Gasteiger charge is 2.23. The van der Waals surface area contributed by atoms with Crippen LogP contribution in [-0.2, 0) is 9.59 Å². The molecule has 3 rings (SSSR count). The topological polar surface area (TPSA) is 52.7 Å². The van der Waals surface area contributed by atoms with E-state index in [-0.39, 0.29) is 11.6 Å². The largest absolute Gasteiger partial charge is 0.664 e. The molecule has 0 radical (unpaired) electrons. The Balaban J connectivity index is 1.83. The van der Waals surface area contributed by atoms with E-state index in [0.717, 1.165) is 16.2 Å². The van der Waals surface area contributed by atoms with Crippen molar-refractivity contribution in [3.8, 4) is 0 Å². The van der Waals surface area contributed by atoms with Crippen LogP contribution in [-0.4, -0.2) is 11.6 Å². The van der Waals surface area contributed by atoms with Gasteiger partial charge in [-0.25, -0.2) is 4.90 Å². The van der Waals surface area contributed by atoms with Crippen LogP contribution in [0.2, 0.25) is 0 Å². The van der Waals surface area contributed by atoms with Crippen LogP contribution in [0.25, 0.3) is 5.32 Å². The van der Waals surface area contributed by atoms with E-state index < -0.39 is 0 Å². The minimum Gasteiger partial charge on any atom is -0.664 e. The Hall–Kier alpha value is -2.72. The molecule has 0 atom stereocenters. The van der Waals surface area contributed by atoms with E-state index in [1.54, 1.807) is 6.20 Å². The molecule has 0 unspecified atom stereocenters. The van der Waals surface area contributed by atoms with Crippen LogP contribution in [0.15, 0.2) is 84.2 Å². The third-order valence-electron chi connectivity index (χ3n) is 3.11. The number of ketones is 2. The maximum absolute atomic E-state index is 11.8. The van der Waals surface area contributed by atoms with Gasteiger partial charge >= 0.3 is 0 Å². The van der Waals surface area contributed by atoms with Gasteiger partial charge in [0.15, 0.2) is 11.5 Å². The summed E-state index contributed by atoms with van der Waals surface area (Å²) in [6.07, 6.45) is 18.9. The van der Waals surface area contributed by atoms with Crippen molar-refractivity contribution in [2.24, 2.45) is 0 Å². The Bertz CT molecular complexity index is 669. The summed E-state index contributed by atoms with van der Waals surface area (Å²) in [6, 6.07) is 0. The van der Waals surface area contributed by atoms with Gasteiger partial charge < -0.3 is 5.32 Å². The van der Waals surface area contributed by atoms with Crippen LogP contribution in [0.1, 0.15) is 0 Å². The standard InChI is InChI=1S/C16H11N2O2/c19-13-4-5-16(20)15(11-13)18-9-6-12(7-10-18)14-3-1-2-8-17-14/h1-11H/q-1/p+1. The molecule has 0 saturated heterocycles. The first-order valence-corrected chi connectivity index (χ1v) is 6.24. The number of hydrogen-bond acceptors (Lipinski definition) is 2. The fraction of sp³-hybridized carbons (Fsp3) is 0. The van der Waals surface area contributed by atoms with Gasteiger partial charge in [0.2, 0.25) is 5.78 Å². The summed E-state index contributed by atoms with van der Waals surface area (Å²) in [4.78, 5) is 23.9. The normalized spacial score (nSPS) is 24.2. The molecule has 1 N–H and O–H groups in total. The van der Waals surface area contributed by atoms with Gasteiger partial charge in [-0.3, -0.25) is 9.59 Å². The fourth-order valence-electron chi connectivity index (χ4n) is 2.09. The Morgan fingerprint density at radius 2 is 1.70 bits per heavy atom. The number of carbonyl (C=O) groups excluding carboxylic acids is 2. The molecule has 2 heterocycles. The Kier molecular flexibility index (Phi) is 3.15. The number of carbonyl (C=O) groups is 2. The maximum atomic E-state index is 11.8. The van der Waals surface area contributed by atoms with E-state index in [2.05, 4.69) is 5.32 Å². The van der Waals surface area contributed by atoms with Gasteiger partial charge in [-0.2, -0.15) is 6.20 Å². The molecule has 0 spiro atoms. The predicted molar refractivity (Wildman–Crippen MR) is 75.1 cm³/mol. The molecule has 0 aromatic heterocycles. The molecule has 1 aliphatic carbocycles. The van der Waals surface area contributed by atoms with E-state index in [1.165, 1.54) is 18.2 Å². The first-order valence-electron chi connectivity index (χ1n) is 6.24. The van der Waals surface area contributed by atoms with Gasteiger partial charge in [-0.15, -0.1) is 5.70 Å². The van der Waals surface area contributed by atoms with Crippen molar-refractivity contribution in [1.82, 2.24) is 0 Å². The highest BCUT2D eigenvalue weighted by molar-refractivity contribution is 6.16. The average Bonchev–Trinajstić information content (AvgIpc) is 2.51. The molecule has 2 aliphatic heterocycles. The summed E-state index contributed by atoms with van der Waals surface area (Å²) >= 11 is 0. The first kappa shape index (κ1) is 12.3. The molecule has 0 saturated carbocycles. The molecule has 3 aliphatic rings. The van der Waals surface area contributed by atoms with Crippen molar-refractivity contribution in [2.45, 2.75) is 0 Å². The van der Waals surface area contributed by atoms with Crippen LogP contribution in [0.5, 0.6) is 0 Å². The summed E-state index contributed by atoms with van der Waals surface area (Å²) in [5, 5.41) is 4.27. The number of rotatable bonds is 1. The zero-order chi connectivity index (χ0) is 13.9. The van der Waals surface area contributed by atoms with E-state index in [1.807, 2.05) is 42.8 Å². The van der Waals surface area contributed by atoms with Crippen molar-refractivity contribution in [1.29, 1.82) is 0 Å². The Labute approximate surface area is 116 Å². The highest BCUT2D eigenvalue weighted by atomic mass is 16.1. The molecule has 98 valence electrons. The van der Waals surface area contributed by atoms with Gasteiger partial charge in [0.05, 0.1) is 6.08 Å². The quantitative estimate of drug-likeness (QED) is 0.724. The Morgan fingerprint density at radius 1 is 0.900 bits per heavy atom. The number of allylic oxidation sites excluding steroid dienone is 9. The number of nitrogens with one attached hydrogen (secondary N) is 1. The lowest BCUT2D eigenvalue weighted by Gasteiger charge is -2.24. The first-order chi connectivity index (χ1) is 9.74. The monoisotopic (exact) mass is 264 g/mol. The van der Waals surface area contributed by atoms with Gasteiger partial charge in [0, 0.05) is 0 Å². The van der Waals surface area contributed by atoms with Crippen LogP contribution < -0.4 is 4.90 Å². The summed E-state index contributed by atoms with van der Waals surface area (Å²) < 4.78 is 0. The third kappa shape index (κ3) is 2.37. The highest BCUT2D eigenvalue weighted by Crippen LogP contribution is 2.20. The number of nitrogens with zero attached hydrogens (tertiary/aromatic N) is 1. The summed E-state index contributed by atoms with van der Waals surface area (Å²) in [7, 11) is 0. The second-order valence-corrected chi connectivity index (χ2v) is 4.45. The van der Waals surface area contributed by atoms with Crippen LogP contribution in [0.4, 0.5) is 0 Å². The SMILES string of the molecule is O=C1C=CC(=O)C([NH+]2C=CC(=C3C=CC=C[N-]3)C=C2)=C1. The van der Waals surface area contributed by atoms with E-state index in [4.69, 9.17) is 0 Å². The molecule has 0 bridgehead atoms. The predicted octanol–water partition coefficient (Wildman–Crippen LogP) is 1.22. The van der Waals surface area contributed by atoms with Crippen LogP contribution in [0.3, 0.4) is 0 Å². The van der Waals surface area contributed by atoms with E-state index in [0.29, 0.717) is 5.70 Å². The smallest absolute Gasteiger partial charge is 0.240 e. The minimum absolute atomic E-state index is 0.143. The zero-order valence-electron chi connectivity index (χ0n) is 10.6. The second-order valence-electron chi connectivity index (χ2n) is 4.45. The zero-order valence-corrected chi connectivity index (χ0v) is 10.6. The molecule has 4 nitrogen and oxygen atoms in total. The van der Waals surface area contributed by atoms with Gasteiger partial charge in [-0.1, -0.05) is 18.2 Å². The number of quaternary nitrogens is 1. The summed E-state index contributed by atoms with van der Waals surface area (Å²) in [5.74, 6) is -0.302. The van der Waals surface area contributed by atoms with Gasteiger partial charge in [-0.05, 0) is 29.9 Å². The Morgan fingerprint density at radius 3 is 2.40 bits per heavy atom. The van der Waals surface area contributed by atoms with E-state index in [9.17, 15) is 9.59 Å². The van der Waals surface area contributed by atoms with Crippen molar-refractivity contribution >= 4 is 11.6 Å². The van der Waals surface area contributed by atoms with Crippen molar-refractivity contribution < 1.29 is 14.5 Å². The van der Waals surface area contributed by atoms with E-state index >= 15 is 0 Å². The molecule has 4 heteroatoms. The minimum atomic E-state index is -0.159. The second kappa shape index (κ2) is 5.11. The lowest BCUT2D eigenvalue weighted by Crippen LogP contribution is -3.02. The molecule has 0 amide bonds. The molecular weight excluding hydrogens is 252 g/mol. The lowest BCUT2D eigenvalue weighted by atomic mass is 10.1. The van der Waals surface area contributed by atoms with Gasteiger partial charge in [0.1, 0.15) is 12.4 Å². The van der Waals surface area contributed by atoms with Crippen LogP contribution >= 0.6 is 0 Å². The molecule has 0 aromatic rings. The number of hydrogen-bond donors (Lipinski definition) is 1. The molecular formula is C16H12N2O2. The van der Waals surface area contributed by atoms with Crippen molar-refractivity contribution in [3.05, 3.63) is 89.5 Å². The van der Waals surface area contributed by atoms with Crippen LogP contribution in [0, 0.1) is 0 Å².